The van der Waals surface area contributed by atoms with Crippen molar-refractivity contribution in [3.8, 4) is 5.69 Å². The average Bonchev–Trinajstić information content (AvgIpc) is 3.04. The van der Waals surface area contributed by atoms with Crippen molar-refractivity contribution < 1.29 is 0 Å². The van der Waals surface area contributed by atoms with E-state index < -0.39 is 0 Å². The van der Waals surface area contributed by atoms with Gasteiger partial charge in [0.1, 0.15) is 12.7 Å². The number of hydrogen-bond donors (Lipinski definition) is 1. The molecule has 2 N–H and O–H groups in total. The Morgan fingerprint density at radius 2 is 2.27 bits per heavy atom. The predicted octanol–water partition coefficient (Wildman–Crippen LogP) is 2.48. The lowest BCUT2D eigenvalue weighted by Crippen LogP contribution is -2.35. The van der Waals surface area contributed by atoms with Crippen LogP contribution in [0.5, 0.6) is 0 Å². The minimum absolute atomic E-state index is 0.717. The molecule has 1 atom stereocenters. The van der Waals surface area contributed by atoms with E-state index in [-0.39, 0.29) is 0 Å². The zero-order chi connectivity index (χ0) is 15.4. The van der Waals surface area contributed by atoms with E-state index in [1.165, 1.54) is 18.4 Å². The van der Waals surface area contributed by atoms with Gasteiger partial charge in [0.05, 0.1) is 5.69 Å². The van der Waals surface area contributed by atoms with Crippen LogP contribution in [0.4, 0.5) is 0 Å². The van der Waals surface area contributed by atoms with Gasteiger partial charge in [0.15, 0.2) is 0 Å². The van der Waals surface area contributed by atoms with Crippen molar-refractivity contribution >= 4 is 11.6 Å². The summed E-state index contributed by atoms with van der Waals surface area (Å²) in [6, 6.07) is 5.98. The Balaban J connectivity index is 1.77. The van der Waals surface area contributed by atoms with Crippen LogP contribution >= 0.6 is 11.6 Å². The fourth-order valence-corrected chi connectivity index (χ4v) is 3.39. The molecule has 0 bridgehead atoms. The number of likely N-dealkylation sites (tertiary alicyclic amines) is 1. The molecule has 1 unspecified atom stereocenters. The Kier molecular flexibility index (Phi) is 5.08. The fourth-order valence-electron chi connectivity index (χ4n) is 3.22. The lowest BCUT2D eigenvalue weighted by molar-refractivity contribution is 0.163. The molecule has 22 heavy (non-hydrogen) atoms. The summed E-state index contributed by atoms with van der Waals surface area (Å²) in [5.41, 5.74) is 7.94. The first-order valence-corrected chi connectivity index (χ1v) is 8.20. The highest BCUT2D eigenvalue weighted by molar-refractivity contribution is 6.30. The first kappa shape index (κ1) is 15.5. The van der Waals surface area contributed by atoms with Crippen LogP contribution in [-0.2, 0) is 6.54 Å². The smallest absolute Gasteiger partial charge is 0.138 e. The van der Waals surface area contributed by atoms with E-state index in [9.17, 15) is 0 Å². The van der Waals surface area contributed by atoms with Crippen LogP contribution in [0.15, 0.2) is 30.9 Å². The second-order valence-electron chi connectivity index (χ2n) is 5.93. The van der Waals surface area contributed by atoms with Crippen LogP contribution in [0.1, 0.15) is 24.8 Å². The molecule has 1 fully saturated rings. The van der Waals surface area contributed by atoms with Gasteiger partial charge in [0.25, 0.3) is 0 Å². The summed E-state index contributed by atoms with van der Waals surface area (Å²) in [6.07, 6.45) is 6.92. The second-order valence-corrected chi connectivity index (χ2v) is 6.37. The molecule has 0 radical (unpaired) electrons. The lowest BCUT2D eigenvalue weighted by atomic mass is 9.94. The molecule has 3 rings (SSSR count). The van der Waals surface area contributed by atoms with Crippen molar-refractivity contribution in [1.82, 2.24) is 19.7 Å². The van der Waals surface area contributed by atoms with Crippen molar-refractivity contribution in [3.63, 3.8) is 0 Å². The normalized spacial score (nSPS) is 19.5. The highest BCUT2D eigenvalue weighted by Crippen LogP contribution is 2.24. The summed E-state index contributed by atoms with van der Waals surface area (Å²) >= 11 is 6.15. The molecule has 2 heterocycles. The number of aromatic nitrogens is 3. The third kappa shape index (κ3) is 3.66. The van der Waals surface area contributed by atoms with Crippen LogP contribution in [0.3, 0.4) is 0 Å². The number of halogens is 1. The zero-order valence-electron chi connectivity index (χ0n) is 12.7. The maximum Gasteiger partial charge on any atom is 0.138 e. The number of benzene rings is 1. The standard InChI is InChI=1S/C16H22ClN5/c17-15-4-3-14(16(8-15)22-12-19-11-20-22)10-21-7-1-2-13(9-21)5-6-18/h3-4,8,11-13H,1-2,5-7,9-10,18H2. The van der Waals surface area contributed by atoms with Crippen molar-refractivity contribution in [2.75, 3.05) is 19.6 Å². The molecule has 6 heteroatoms. The molecule has 5 nitrogen and oxygen atoms in total. The van der Waals surface area contributed by atoms with Gasteiger partial charge in [-0.3, -0.25) is 4.90 Å². The number of hydrogen-bond acceptors (Lipinski definition) is 4. The first-order chi connectivity index (χ1) is 10.8. The van der Waals surface area contributed by atoms with E-state index >= 15 is 0 Å². The minimum atomic E-state index is 0.717. The van der Waals surface area contributed by atoms with Gasteiger partial charge in [0, 0.05) is 18.1 Å². The van der Waals surface area contributed by atoms with Crippen LogP contribution in [0, 0.1) is 5.92 Å². The van der Waals surface area contributed by atoms with E-state index in [0.29, 0.717) is 5.02 Å². The lowest BCUT2D eigenvalue weighted by Gasteiger charge is -2.33. The van der Waals surface area contributed by atoms with Crippen LogP contribution in [0.2, 0.25) is 5.02 Å². The van der Waals surface area contributed by atoms with E-state index in [4.69, 9.17) is 17.3 Å². The van der Waals surface area contributed by atoms with Crippen LogP contribution in [0.25, 0.3) is 5.69 Å². The number of nitrogens with zero attached hydrogens (tertiary/aromatic N) is 4. The van der Waals surface area contributed by atoms with E-state index in [1.807, 2.05) is 12.1 Å². The summed E-state index contributed by atoms with van der Waals surface area (Å²) in [5, 5.41) is 4.95. The van der Waals surface area contributed by atoms with E-state index in [1.54, 1.807) is 17.3 Å². The summed E-state index contributed by atoms with van der Waals surface area (Å²) in [5.74, 6) is 0.723. The minimum Gasteiger partial charge on any atom is -0.330 e. The van der Waals surface area contributed by atoms with Crippen LogP contribution < -0.4 is 5.73 Å². The number of piperidine rings is 1. The third-order valence-corrected chi connectivity index (χ3v) is 4.52. The summed E-state index contributed by atoms with van der Waals surface area (Å²) in [6.45, 7) is 3.95. The molecule has 0 saturated carbocycles. The fraction of sp³-hybridized carbons (Fsp3) is 0.500. The largest absolute Gasteiger partial charge is 0.330 e. The molecular formula is C16H22ClN5. The van der Waals surface area contributed by atoms with Gasteiger partial charge in [-0.25, -0.2) is 9.67 Å². The Labute approximate surface area is 136 Å². The highest BCUT2D eigenvalue weighted by Gasteiger charge is 2.20. The Morgan fingerprint density at radius 1 is 1.36 bits per heavy atom. The van der Waals surface area contributed by atoms with Gasteiger partial charge in [-0.15, -0.1) is 0 Å². The van der Waals surface area contributed by atoms with Crippen molar-refractivity contribution in [2.45, 2.75) is 25.8 Å². The molecule has 1 aliphatic heterocycles. The Hall–Kier alpha value is -1.43. The summed E-state index contributed by atoms with van der Waals surface area (Å²) < 4.78 is 1.78. The van der Waals surface area contributed by atoms with Crippen molar-refractivity contribution in [3.05, 3.63) is 41.4 Å². The van der Waals surface area contributed by atoms with Gasteiger partial charge in [-0.1, -0.05) is 17.7 Å². The molecule has 1 aliphatic rings. The zero-order valence-corrected chi connectivity index (χ0v) is 13.4. The summed E-state index contributed by atoms with van der Waals surface area (Å²) in [4.78, 5) is 6.54. The van der Waals surface area contributed by atoms with Gasteiger partial charge < -0.3 is 5.73 Å². The molecule has 2 aromatic rings. The van der Waals surface area contributed by atoms with Gasteiger partial charge in [-0.2, -0.15) is 5.10 Å². The molecule has 0 amide bonds. The second kappa shape index (κ2) is 7.22. The van der Waals surface area contributed by atoms with E-state index in [0.717, 1.165) is 44.2 Å². The molecule has 118 valence electrons. The van der Waals surface area contributed by atoms with Gasteiger partial charge in [-0.05, 0) is 56.0 Å². The number of nitrogens with two attached hydrogens (primary N) is 1. The predicted molar refractivity (Wildman–Crippen MR) is 88.0 cm³/mol. The molecule has 1 saturated heterocycles. The van der Waals surface area contributed by atoms with Crippen molar-refractivity contribution in [2.24, 2.45) is 11.7 Å². The molecule has 0 spiro atoms. The van der Waals surface area contributed by atoms with E-state index in [2.05, 4.69) is 21.0 Å². The van der Waals surface area contributed by atoms with Gasteiger partial charge >= 0.3 is 0 Å². The van der Waals surface area contributed by atoms with Crippen molar-refractivity contribution in [1.29, 1.82) is 0 Å². The quantitative estimate of drug-likeness (QED) is 0.919. The van der Waals surface area contributed by atoms with Crippen LogP contribution in [-0.4, -0.2) is 39.3 Å². The molecule has 1 aromatic carbocycles. The topological polar surface area (TPSA) is 60.0 Å². The van der Waals surface area contributed by atoms with Gasteiger partial charge in [0.2, 0.25) is 0 Å². The maximum atomic E-state index is 6.15. The Morgan fingerprint density at radius 3 is 3.05 bits per heavy atom. The highest BCUT2D eigenvalue weighted by atomic mass is 35.5. The molecule has 0 aliphatic carbocycles. The third-order valence-electron chi connectivity index (χ3n) is 4.28. The number of rotatable bonds is 5. The molecule has 1 aromatic heterocycles. The average molecular weight is 320 g/mol. The molecular weight excluding hydrogens is 298 g/mol. The monoisotopic (exact) mass is 319 g/mol. The SMILES string of the molecule is NCCC1CCCN(Cc2ccc(Cl)cc2-n2cncn2)C1. The maximum absolute atomic E-state index is 6.15. The Bertz CT molecular complexity index is 597. The first-order valence-electron chi connectivity index (χ1n) is 7.82. The summed E-state index contributed by atoms with van der Waals surface area (Å²) in [7, 11) is 0.